The van der Waals surface area contributed by atoms with Crippen LogP contribution in [-0.2, 0) is 5.41 Å². The van der Waals surface area contributed by atoms with Crippen molar-refractivity contribution in [2.45, 2.75) is 26.2 Å². The zero-order chi connectivity index (χ0) is 15.6. The highest BCUT2D eigenvalue weighted by Crippen LogP contribution is 2.31. The quantitative estimate of drug-likeness (QED) is 0.637. The fourth-order valence-electron chi connectivity index (χ4n) is 1.96. The number of amidine groups is 1. The summed E-state index contributed by atoms with van der Waals surface area (Å²) in [6.07, 6.45) is 0. The summed E-state index contributed by atoms with van der Waals surface area (Å²) in [5.41, 5.74) is 7.32. The van der Waals surface area contributed by atoms with Gasteiger partial charge >= 0.3 is 0 Å². The van der Waals surface area contributed by atoms with Crippen LogP contribution in [0.25, 0.3) is 0 Å². The molecule has 2 aromatic rings. The summed E-state index contributed by atoms with van der Waals surface area (Å²) in [6.45, 7) is 6.44. The first-order valence-electron chi connectivity index (χ1n) is 6.70. The van der Waals surface area contributed by atoms with Gasteiger partial charge in [0, 0.05) is 11.1 Å². The Balaban J connectivity index is 2.39. The third kappa shape index (κ3) is 3.76. The smallest absolute Gasteiger partial charge is 0.139 e. The maximum atomic E-state index is 7.61. The summed E-state index contributed by atoms with van der Waals surface area (Å²) in [6, 6.07) is 12.9. The second-order valence-corrected chi connectivity index (χ2v) is 6.37. The third-order valence-corrected chi connectivity index (χ3v) is 3.40. The predicted molar refractivity (Wildman–Crippen MR) is 87.7 cm³/mol. The van der Waals surface area contributed by atoms with Crippen molar-refractivity contribution in [3.8, 4) is 11.5 Å². The first-order valence-corrected chi connectivity index (χ1v) is 7.07. The molecule has 0 spiro atoms. The molecule has 0 aromatic heterocycles. The van der Waals surface area contributed by atoms with Crippen LogP contribution in [0.15, 0.2) is 42.5 Å². The van der Waals surface area contributed by atoms with E-state index in [2.05, 4.69) is 26.8 Å². The molecule has 0 aliphatic heterocycles. The molecule has 4 heteroatoms. The highest BCUT2D eigenvalue weighted by molar-refractivity contribution is 6.30. The van der Waals surface area contributed by atoms with Crippen LogP contribution in [0, 0.1) is 5.41 Å². The molecule has 0 aliphatic rings. The van der Waals surface area contributed by atoms with Crippen molar-refractivity contribution in [2.75, 3.05) is 0 Å². The van der Waals surface area contributed by atoms with Gasteiger partial charge in [-0.2, -0.15) is 0 Å². The van der Waals surface area contributed by atoms with Crippen LogP contribution >= 0.6 is 11.6 Å². The minimum absolute atomic E-state index is 0.0388. The molecule has 0 radical (unpaired) electrons. The molecule has 0 aliphatic carbocycles. The maximum Gasteiger partial charge on any atom is 0.139 e. The molecule has 3 nitrogen and oxygen atoms in total. The molecule has 0 bridgehead atoms. The van der Waals surface area contributed by atoms with E-state index in [1.165, 1.54) is 5.56 Å². The molecule has 2 rings (SSSR count). The van der Waals surface area contributed by atoms with E-state index >= 15 is 0 Å². The summed E-state index contributed by atoms with van der Waals surface area (Å²) in [5.74, 6) is 1.14. The molecular weight excluding hydrogens is 284 g/mol. The zero-order valence-electron chi connectivity index (χ0n) is 12.4. The van der Waals surface area contributed by atoms with Crippen LogP contribution in [0.5, 0.6) is 11.5 Å². The summed E-state index contributed by atoms with van der Waals surface area (Å²) in [4.78, 5) is 0. The van der Waals surface area contributed by atoms with Crippen LogP contribution in [-0.4, -0.2) is 5.84 Å². The van der Waals surface area contributed by atoms with E-state index < -0.39 is 0 Å². The highest BCUT2D eigenvalue weighted by Gasteiger charge is 2.15. The Morgan fingerprint density at radius 1 is 1.14 bits per heavy atom. The Kier molecular flexibility index (Phi) is 4.24. The molecule has 2 aromatic carbocycles. The van der Waals surface area contributed by atoms with E-state index in [1.54, 1.807) is 18.2 Å². The van der Waals surface area contributed by atoms with E-state index in [0.29, 0.717) is 22.1 Å². The molecule has 21 heavy (non-hydrogen) atoms. The van der Waals surface area contributed by atoms with Gasteiger partial charge in [0.1, 0.15) is 17.3 Å². The number of hydrogen-bond acceptors (Lipinski definition) is 2. The fourth-order valence-corrected chi connectivity index (χ4v) is 2.12. The standard InChI is InChI=1S/C17H19ClN2O/c1-17(2,3)11-5-4-6-13(9-11)21-15-10-12(18)7-8-14(15)16(19)20/h4-10H,1-3H3,(H3,19,20). The predicted octanol–water partition coefficient (Wildman–Crippen LogP) is 4.71. The average Bonchev–Trinajstić information content (AvgIpc) is 2.37. The summed E-state index contributed by atoms with van der Waals surface area (Å²) in [7, 11) is 0. The van der Waals surface area contributed by atoms with Gasteiger partial charge in [-0.1, -0.05) is 44.5 Å². The average molecular weight is 303 g/mol. The molecular formula is C17H19ClN2O. The molecule has 0 heterocycles. The van der Waals surface area contributed by atoms with Gasteiger partial charge in [0.15, 0.2) is 0 Å². The first-order chi connectivity index (χ1) is 9.77. The van der Waals surface area contributed by atoms with Gasteiger partial charge in [0.05, 0.1) is 5.56 Å². The number of rotatable bonds is 3. The van der Waals surface area contributed by atoms with E-state index in [-0.39, 0.29) is 11.3 Å². The largest absolute Gasteiger partial charge is 0.457 e. The van der Waals surface area contributed by atoms with E-state index in [1.807, 2.05) is 18.2 Å². The zero-order valence-corrected chi connectivity index (χ0v) is 13.2. The molecule has 0 atom stereocenters. The summed E-state index contributed by atoms with van der Waals surface area (Å²) >= 11 is 6.00. The molecule has 0 saturated heterocycles. The highest BCUT2D eigenvalue weighted by atomic mass is 35.5. The van der Waals surface area contributed by atoms with Gasteiger partial charge in [-0.25, -0.2) is 0 Å². The van der Waals surface area contributed by atoms with Gasteiger partial charge in [0.25, 0.3) is 0 Å². The number of halogens is 1. The van der Waals surface area contributed by atoms with Crippen molar-refractivity contribution in [3.63, 3.8) is 0 Å². The van der Waals surface area contributed by atoms with Crippen LogP contribution < -0.4 is 10.5 Å². The van der Waals surface area contributed by atoms with Crippen LogP contribution in [0.2, 0.25) is 5.02 Å². The Labute approximate surface area is 130 Å². The van der Waals surface area contributed by atoms with Crippen molar-refractivity contribution in [3.05, 3.63) is 58.6 Å². The number of hydrogen-bond donors (Lipinski definition) is 2. The lowest BCUT2D eigenvalue weighted by Gasteiger charge is -2.20. The SMILES string of the molecule is CC(C)(C)c1cccc(Oc2cc(Cl)ccc2C(=N)N)c1. The van der Waals surface area contributed by atoms with Crippen LogP contribution in [0.3, 0.4) is 0 Å². The molecule has 0 fully saturated rings. The molecule has 0 saturated carbocycles. The summed E-state index contributed by atoms with van der Waals surface area (Å²) in [5, 5.41) is 8.15. The van der Waals surface area contributed by atoms with Gasteiger partial charge in [-0.3, -0.25) is 5.41 Å². The van der Waals surface area contributed by atoms with Gasteiger partial charge in [-0.05, 0) is 35.2 Å². The number of benzene rings is 2. The van der Waals surface area contributed by atoms with Gasteiger partial charge < -0.3 is 10.5 Å². The molecule has 3 N–H and O–H groups in total. The number of ether oxygens (including phenoxy) is 1. The van der Waals surface area contributed by atoms with Crippen LogP contribution in [0.4, 0.5) is 0 Å². The Morgan fingerprint density at radius 2 is 1.86 bits per heavy atom. The van der Waals surface area contributed by atoms with E-state index in [4.69, 9.17) is 27.5 Å². The normalized spacial score (nSPS) is 11.2. The van der Waals surface area contributed by atoms with Gasteiger partial charge in [-0.15, -0.1) is 0 Å². The van der Waals surface area contributed by atoms with Crippen LogP contribution in [0.1, 0.15) is 31.9 Å². The van der Waals surface area contributed by atoms with Crippen molar-refractivity contribution >= 4 is 17.4 Å². The molecule has 0 amide bonds. The second kappa shape index (κ2) is 5.78. The van der Waals surface area contributed by atoms with E-state index in [0.717, 1.165) is 0 Å². The second-order valence-electron chi connectivity index (χ2n) is 5.93. The van der Waals surface area contributed by atoms with Crippen molar-refractivity contribution < 1.29 is 4.74 Å². The molecule has 110 valence electrons. The Hall–Kier alpha value is -2.00. The maximum absolute atomic E-state index is 7.61. The lowest BCUT2D eigenvalue weighted by Crippen LogP contribution is -2.12. The Bertz CT molecular complexity index is 675. The van der Waals surface area contributed by atoms with Crippen molar-refractivity contribution in [1.29, 1.82) is 5.41 Å². The molecule has 0 unspecified atom stereocenters. The van der Waals surface area contributed by atoms with Crippen molar-refractivity contribution in [2.24, 2.45) is 5.73 Å². The third-order valence-electron chi connectivity index (χ3n) is 3.16. The fraction of sp³-hybridized carbons (Fsp3) is 0.235. The first kappa shape index (κ1) is 15.4. The summed E-state index contributed by atoms with van der Waals surface area (Å²) < 4.78 is 5.88. The lowest BCUT2D eigenvalue weighted by atomic mass is 9.87. The van der Waals surface area contributed by atoms with Crippen molar-refractivity contribution in [1.82, 2.24) is 0 Å². The number of nitrogen functional groups attached to an aromatic ring is 1. The monoisotopic (exact) mass is 302 g/mol. The van der Waals surface area contributed by atoms with Gasteiger partial charge in [0.2, 0.25) is 0 Å². The minimum atomic E-state index is -0.0476. The topological polar surface area (TPSA) is 59.1 Å². The Morgan fingerprint density at radius 3 is 2.48 bits per heavy atom. The number of nitrogens with two attached hydrogens (primary N) is 1. The minimum Gasteiger partial charge on any atom is -0.457 e. The lowest BCUT2D eigenvalue weighted by molar-refractivity contribution is 0.477. The number of nitrogens with one attached hydrogen (secondary N) is 1. The van der Waals surface area contributed by atoms with E-state index in [9.17, 15) is 0 Å².